The summed E-state index contributed by atoms with van der Waals surface area (Å²) in [4.78, 5) is 12.6. The van der Waals surface area contributed by atoms with Crippen molar-refractivity contribution in [2.24, 2.45) is 0 Å². The van der Waals surface area contributed by atoms with Gasteiger partial charge in [-0.2, -0.15) is 4.31 Å². The van der Waals surface area contributed by atoms with Crippen molar-refractivity contribution < 1.29 is 27.1 Å². The topological polar surface area (TPSA) is 72.9 Å². The summed E-state index contributed by atoms with van der Waals surface area (Å²) in [5, 5.41) is -0.742. The molecule has 0 aliphatic carbocycles. The molecule has 0 bridgehead atoms. The Morgan fingerprint density at radius 2 is 2.03 bits per heavy atom. The molecule has 0 amide bonds. The summed E-state index contributed by atoms with van der Waals surface area (Å²) >= 11 is 0. The second-order valence-corrected chi connectivity index (χ2v) is 10.3. The Balaban J connectivity index is 1.92. The van der Waals surface area contributed by atoms with Crippen LogP contribution >= 0.6 is 0 Å². The van der Waals surface area contributed by atoms with Crippen LogP contribution in [0.1, 0.15) is 43.7 Å². The number of carbonyl (C=O) groups is 1. The Kier molecular flexibility index (Phi) is 7.03. The number of halogens is 1. The van der Waals surface area contributed by atoms with Gasteiger partial charge in [0.25, 0.3) is 0 Å². The highest BCUT2D eigenvalue weighted by atomic mass is 32.2. The summed E-state index contributed by atoms with van der Waals surface area (Å²) in [5.74, 6) is -0.958. The molecule has 0 N–H and O–H groups in total. The minimum absolute atomic E-state index is 0.0785. The van der Waals surface area contributed by atoms with Gasteiger partial charge in [-0.3, -0.25) is 4.79 Å². The maximum atomic E-state index is 15.2. The van der Waals surface area contributed by atoms with Crippen LogP contribution in [-0.4, -0.2) is 50.3 Å². The van der Waals surface area contributed by atoms with Crippen LogP contribution in [-0.2, 0) is 36.3 Å². The molecule has 8 heteroatoms. The number of sulfonamides is 1. The van der Waals surface area contributed by atoms with Gasteiger partial charge in [0.1, 0.15) is 5.82 Å². The van der Waals surface area contributed by atoms with Crippen molar-refractivity contribution in [3.63, 3.8) is 0 Å². The van der Waals surface area contributed by atoms with Crippen molar-refractivity contribution in [1.82, 2.24) is 4.31 Å². The lowest BCUT2D eigenvalue weighted by Gasteiger charge is -2.38. The zero-order chi connectivity index (χ0) is 22.8. The summed E-state index contributed by atoms with van der Waals surface area (Å²) in [6.07, 6.45) is 3.40. The number of nitrogens with zero attached hydrogens (tertiary/aromatic N) is 1. The summed E-state index contributed by atoms with van der Waals surface area (Å²) in [6, 6.07) is 4.34. The van der Waals surface area contributed by atoms with Crippen molar-refractivity contribution in [1.29, 1.82) is 0 Å². The van der Waals surface area contributed by atoms with Crippen LogP contribution in [0.5, 0.6) is 0 Å². The van der Waals surface area contributed by atoms with Crippen molar-refractivity contribution in [2.75, 3.05) is 20.3 Å². The number of benzene rings is 1. The summed E-state index contributed by atoms with van der Waals surface area (Å²) in [5.41, 5.74) is 0.281. The van der Waals surface area contributed by atoms with E-state index < -0.39 is 32.5 Å². The lowest BCUT2D eigenvalue weighted by atomic mass is 9.74. The van der Waals surface area contributed by atoms with Gasteiger partial charge in [-0.15, -0.1) is 0 Å². The highest BCUT2D eigenvalue weighted by Crippen LogP contribution is 2.38. The number of allylic oxidation sites excluding steroid dienone is 1. The van der Waals surface area contributed by atoms with Crippen molar-refractivity contribution in [3.05, 3.63) is 60.0 Å². The molecule has 2 aliphatic heterocycles. The van der Waals surface area contributed by atoms with Gasteiger partial charge in [0.15, 0.2) is 0 Å². The first-order valence-corrected chi connectivity index (χ1v) is 11.9. The van der Waals surface area contributed by atoms with Gasteiger partial charge >= 0.3 is 5.97 Å². The molecule has 0 unspecified atom stereocenters. The Morgan fingerprint density at radius 1 is 1.35 bits per heavy atom. The average molecular weight is 452 g/mol. The Morgan fingerprint density at radius 3 is 2.61 bits per heavy atom. The van der Waals surface area contributed by atoms with Crippen LogP contribution in [0.2, 0.25) is 0 Å². The zero-order valence-corrected chi connectivity index (χ0v) is 18.9. The first kappa shape index (κ1) is 23.6. The fourth-order valence-corrected chi connectivity index (χ4v) is 6.69. The van der Waals surface area contributed by atoms with Crippen molar-refractivity contribution >= 4 is 16.0 Å². The standard InChI is InChI=1S/C23H30FNO5S/c1-5-16(2)21-9-6-17(3)25(31(21,27)28)15-18-7-8-19(14-20(18)24)23(22(26)29-4)10-12-30-13-11-23/h5,7-8,14,17,21H,1-2,6,9-13,15H2,3-4H3/t17-,21-/m0/s1. The number of hydrogen-bond donors (Lipinski definition) is 0. The molecule has 3 rings (SSSR count). The highest BCUT2D eigenvalue weighted by molar-refractivity contribution is 7.90. The van der Waals surface area contributed by atoms with Gasteiger partial charge in [0.2, 0.25) is 10.0 Å². The molecular weight excluding hydrogens is 421 g/mol. The van der Waals surface area contributed by atoms with Gasteiger partial charge in [-0.1, -0.05) is 31.4 Å². The molecule has 0 saturated carbocycles. The fraction of sp³-hybridized carbons (Fsp3) is 0.522. The SMILES string of the molecule is C=CC(=C)[C@@H]1CC[C@H](C)N(Cc2ccc(C3(C(=O)OC)CCOCC3)cc2F)S1(=O)=O. The lowest BCUT2D eigenvalue weighted by molar-refractivity contribution is -0.151. The third kappa shape index (κ3) is 4.33. The van der Waals surface area contributed by atoms with Crippen LogP contribution in [0.4, 0.5) is 4.39 Å². The van der Waals surface area contributed by atoms with Crippen molar-refractivity contribution in [3.8, 4) is 0 Å². The summed E-state index contributed by atoms with van der Waals surface area (Å²) < 4.78 is 53.2. The quantitative estimate of drug-likeness (QED) is 0.489. The predicted octanol–water partition coefficient (Wildman–Crippen LogP) is 3.47. The number of ether oxygens (including phenoxy) is 2. The van der Waals surface area contributed by atoms with Crippen LogP contribution in [0.15, 0.2) is 43.0 Å². The minimum Gasteiger partial charge on any atom is -0.468 e. The minimum atomic E-state index is -3.69. The second kappa shape index (κ2) is 9.22. The maximum absolute atomic E-state index is 15.2. The Bertz CT molecular complexity index is 968. The first-order valence-electron chi connectivity index (χ1n) is 10.4. The molecule has 31 heavy (non-hydrogen) atoms. The molecule has 2 aliphatic rings. The first-order chi connectivity index (χ1) is 14.7. The second-order valence-electron chi connectivity index (χ2n) is 8.28. The van der Waals surface area contributed by atoms with E-state index >= 15 is 4.39 Å². The smallest absolute Gasteiger partial charge is 0.316 e. The van der Waals surface area contributed by atoms with Gasteiger partial charge in [-0.25, -0.2) is 12.8 Å². The van der Waals surface area contributed by atoms with E-state index in [2.05, 4.69) is 13.2 Å². The van der Waals surface area contributed by atoms with Crippen molar-refractivity contribution in [2.45, 2.75) is 55.9 Å². The molecule has 2 heterocycles. The molecule has 170 valence electrons. The molecule has 2 fully saturated rings. The largest absolute Gasteiger partial charge is 0.468 e. The third-order valence-corrected chi connectivity index (χ3v) is 8.96. The van der Waals surface area contributed by atoms with E-state index in [-0.39, 0.29) is 18.2 Å². The van der Waals surface area contributed by atoms with E-state index in [4.69, 9.17) is 9.47 Å². The highest BCUT2D eigenvalue weighted by Gasteiger charge is 2.44. The van der Waals surface area contributed by atoms with Crippen LogP contribution in [0.3, 0.4) is 0 Å². The average Bonchev–Trinajstić information content (AvgIpc) is 2.76. The number of methoxy groups -OCH3 is 1. The molecule has 6 nitrogen and oxygen atoms in total. The van der Waals surface area contributed by atoms with E-state index in [1.54, 1.807) is 12.1 Å². The van der Waals surface area contributed by atoms with E-state index in [1.165, 1.54) is 23.6 Å². The molecule has 2 atom stereocenters. The molecule has 2 saturated heterocycles. The van der Waals surface area contributed by atoms with E-state index in [1.807, 2.05) is 6.92 Å². The number of carbonyl (C=O) groups excluding carboxylic acids is 1. The van der Waals surface area contributed by atoms with Gasteiger partial charge in [-0.05, 0) is 49.8 Å². The monoisotopic (exact) mass is 451 g/mol. The predicted molar refractivity (Wildman–Crippen MR) is 116 cm³/mol. The molecular formula is C23H30FNO5S. The van der Waals surface area contributed by atoms with Crippen LogP contribution in [0, 0.1) is 5.82 Å². The zero-order valence-electron chi connectivity index (χ0n) is 18.1. The molecule has 0 radical (unpaired) electrons. The molecule has 0 spiro atoms. The van der Waals surface area contributed by atoms with E-state index in [9.17, 15) is 13.2 Å². The van der Waals surface area contributed by atoms with Gasteiger partial charge in [0, 0.05) is 31.4 Å². The van der Waals surface area contributed by atoms with E-state index in [0.717, 1.165) is 0 Å². The Hall–Kier alpha value is -2.03. The molecule has 1 aromatic rings. The molecule has 0 aromatic heterocycles. The Labute approximate surface area is 183 Å². The normalized spacial score (nSPS) is 25.5. The fourth-order valence-electron chi connectivity index (χ4n) is 4.52. The van der Waals surface area contributed by atoms with Crippen LogP contribution in [0.25, 0.3) is 0 Å². The summed E-state index contributed by atoms with van der Waals surface area (Å²) in [6.45, 7) is 9.97. The lowest BCUT2D eigenvalue weighted by Crippen LogP contribution is -2.48. The van der Waals surface area contributed by atoms with E-state index in [0.29, 0.717) is 50.0 Å². The molecule has 1 aromatic carbocycles. The van der Waals surface area contributed by atoms with Crippen LogP contribution < -0.4 is 0 Å². The third-order valence-electron chi connectivity index (χ3n) is 6.55. The maximum Gasteiger partial charge on any atom is 0.316 e. The number of rotatable bonds is 6. The van der Waals surface area contributed by atoms with Gasteiger partial charge < -0.3 is 9.47 Å². The number of hydrogen-bond acceptors (Lipinski definition) is 5. The summed E-state index contributed by atoms with van der Waals surface area (Å²) in [7, 11) is -2.37. The van der Waals surface area contributed by atoms with Gasteiger partial charge in [0.05, 0.1) is 17.8 Å². The number of esters is 1.